The number of para-hydroxylation sites is 1. The minimum atomic E-state index is -0.398. The number of rotatable bonds is 4. The molecule has 0 fully saturated rings. The quantitative estimate of drug-likeness (QED) is 0.690. The number of hydrogen-bond donors (Lipinski definition) is 1. The Morgan fingerprint density at radius 1 is 1.43 bits per heavy atom. The van der Waals surface area contributed by atoms with Crippen LogP contribution in [-0.4, -0.2) is 29.2 Å². The van der Waals surface area contributed by atoms with Gasteiger partial charge >= 0.3 is 0 Å². The fourth-order valence-electron chi connectivity index (χ4n) is 1.75. The van der Waals surface area contributed by atoms with Crippen LogP contribution in [0.1, 0.15) is 16.1 Å². The van der Waals surface area contributed by atoms with Crippen molar-refractivity contribution in [3.05, 3.63) is 40.7 Å². The Labute approximate surface area is 132 Å². The van der Waals surface area contributed by atoms with E-state index in [0.717, 1.165) is 5.56 Å². The van der Waals surface area contributed by atoms with Gasteiger partial charge < -0.3 is 10.1 Å². The van der Waals surface area contributed by atoms with Crippen molar-refractivity contribution in [1.29, 1.82) is 0 Å². The summed E-state index contributed by atoms with van der Waals surface area (Å²) < 4.78 is 5.25. The Hall–Kier alpha value is -1.79. The van der Waals surface area contributed by atoms with Crippen molar-refractivity contribution in [3.63, 3.8) is 0 Å². The van der Waals surface area contributed by atoms with Crippen LogP contribution < -0.4 is 10.1 Å². The number of methoxy groups -OCH3 is 1. The zero-order valence-corrected chi connectivity index (χ0v) is 13.4. The lowest BCUT2D eigenvalue weighted by atomic mass is 10.2. The molecule has 0 aliphatic rings. The van der Waals surface area contributed by atoms with Crippen LogP contribution in [-0.2, 0) is 0 Å². The number of carbonyl (C=O) groups excluding carboxylic acids is 1. The van der Waals surface area contributed by atoms with Crippen molar-refractivity contribution < 1.29 is 9.53 Å². The van der Waals surface area contributed by atoms with Crippen LogP contribution >= 0.6 is 23.4 Å². The van der Waals surface area contributed by atoms with Crippen LogP contribution in [0.3, 0.4) is 0 Å². The summed E-state index contributed by atoms with van der Waals surface area (Å²) in [5.41, 5.74) is 1.63. The lowest BCUT2D eigenvalue weighted by Crippen LogP contribution is -2.16. The number of benzene rings is 1. The molecule has 0 aliphatic carbocycles. The molecule has 1 amide bonds. The van der Waals surface area contributed by atoms with Crippen molar-refractivity contribution in [3.8, 4) is 5.75 Å². The van der Waals surface area contributed by atoms with Gasteiger partial charge in [-0.05, 0) is 24.8 Å². The van der Waals surface area contributed by atoms with Crippen molar-refractivity contribution in [2.45, 2.75) is 12.1 Å². The molecule has 1 heterocycles. The number of nitrogens with zero attached hydrogens (tertiary/aromatic N) is 2. The molecule has 1 aromatic carbocycles. The first-order valence-corrected chi connectivity index (χ1v) is 7.68. The van der Waals surface area contributed by atoms with Gasteiger partial charge in [0.1, 0.15) is 5.75 Å². The highest BCUT2D eigenvalue weighted by Gasteiger charge is 2.17. The Morgan fingerprint density at radius 3 is 2.86 bits per heavy atom. The van der Waals surface area contributed by atoms with Gasteiger partial charge in [0.25, 0.3) is 5.91 Å². The fourth-order valence-corrected chi connectivity index (χ4v) is 2.27. The van der Waals surface area contributed by atoms with E-state index in [1.165, 1.54) is 18.0 Å². The van der Waals surface area contributed by atoms with Crippen molar-refractivity contribution in [2.75, 3.05) is 18.7 Å². The molecular formula is C14H14ClN3O2S. The molecule has 0 aliphatic heterocycles. The zero-order chi connectivity index (χ0) is 15.4. The van der Waals surface area contributed by atoms with Crippen LogP contribution in [0.5, 0.6) is 5.75 Å². The first kappa shape index (κ1) is 15.6. The minimum Gasteiger partial charge on any atom is -0.495 e. The van der Waals surface area contributed by atoms with Crippen molar-refractivity contribution >= 4 is 35.0 Å². The minimum absolute atomic E-state index is 0.140. The van der Waals surface area contributed by atoms with E-state index in [1.807, 2.05) is 25.3 Å². The van der Waals surface area contributed by atoms with E-state index in [4.69, 9.17) is 16.3 Å². The van der Waals surface area contributed by atoms with Gasteiger partial charge in [0.15, 0.2) is 10.9 Å². The highest BCUT2D eigenvalue weighted by Crippen LogP contribution is 2.28. The molecule has 110 valence electrons. The summed E-state index contributed by atoms with van der Waals surface area (Å²) in [4.78, 5) is 20.5. The summed E-state index contributed by atoms with van der Waals surface area (Å²) in [6, 6.07) is 5.51. The molecule has 0 spiro atoms. The number of thioether (sulfide) groups is 1. The highest BCUT2D eigenvalue weighted by atomic mass is 35.5. The van der Waals surface area contributed by atoms with Crippen molar-refractivity contribution in [2.24, 2.45) is 0 Å². The number of ether oxygens (including phenoxy) is 1. The molecule has 21 heavy (non-hydrogen) atoms. The second kappa shape index (κ2) is 6.78. The first-order chi connectivity index (χ1) is 10.1. The van der Waals surface area contributed by atoms with E-state index in [1.54, 1.807) is 13.2 Å². The molecule has 1 N–H and O–H groups in total. The normalized spacial score (nSPS) is 10.3. The van der Waals surface area contributed by atoms with Crippen LogP contribution in [0.2, 0.25) is 5.02 Å². The predicted octanol–water partition coefficient (Wildman–Crippen LogP) is 3.42. The Bertz CT molecular complexity index is 679. The Morgan fingerprint density at radius 2 is 2.19 bits per heavy atom. The van der Waals surface area contributed by atoms with Crippen LogP contribution in [0.4, 0.5) is 5.69 Å². The van der Waals surface area contributed by atoms with Gasteiger partial charge in [0.2, 0.25) is 0 Å². The first-order valence-electron chi connectivity index (χ1n) is 6.08. The fraction of sp³-hybridized carbons (Fsp3) is 0.214. The molecular weight excluding hydrogens is 310 g/mol. The van der Waals surface area contributed by atoms with Gasteiger partial charge in [-0.1, -0.05) is 35.5 Å². The standard InChI is InChI=1S/C14H14ClN3O2S/c1-8-5-4-6-10(20-2)11(8)17-13(19)12-9(15)7-16-14(18-12)21-3/h4-7H,1-3H3,(H,17,19). The lowest BCUT2D eigenvalue weighted by molar-refractivity contribution is 0.102. The number of nitrogens with one attached hydrogen (secondary N) is 1. The number of amides is 1. The molecule has 2 aromatic rings. The molecule has 1 aromatic heterocycles. The van der Waals surface area contributed by atoms with Crippen LogP contribution in [0.15, 0.2) is 29.6 Å². The van der Waals surface area contributed by atoms with Gasteiger partial charge in [0.05, 0.1) is 24.0 Å². The van der Waals surface area contributed by atoms with E-state index in [0.29, 0.717) is 16.6 Å². The number of hydrogen-bond acceptors (Lipinski definition) is 5. The number of halogens is 1. The third-order valence-corrected chi connectivity index (χ3v) is 3.65. The molecule has 5 nitrogen and oxygen atoms in total. The third kappa shape index (κ3) is 3.46. The number of anilines is 1. The van der Waals surface area contributed by atoms with E-state index in [2.05, 4.69) is 15.3 Å². The van der Waals surface area contributed by atoms with Gasteiger partial charge in [-0.15, -0.1) is 0 Å². The number of carbonyl (C=O) groups is 1. The van der Waals surface area contributed by atoms with E-state index in [9.17, 15) is 4.79 Å². The van der Waals surface area contributed by atoms with Crippen molar-refractivity contribution in [1.82, 2.24) is 9.97 Å². The number of aryl methyl sites for hydroxylation is 1. The molecule has 0 saturated carbocycles. The largest absolute Gasteiger partial charge is 0.495 e. The Kier molecular flexibility index (Phi) is 5.03. The molecule has 0 atom stereocenters. The monoisotopic (exact) mass is 323 g/mol. The SMILES string of the molecule is COc1cccc(C)c1NC(=O)c1nc(SC)ncc1Cl. The van der Waals surface area contributed by atoms with Gasteiger partial charge in [-0.2, -0.15) is 0 Å². The summed E-state index contributed by atoms with van der Waals surface area (Å²) >= 11 is 7.34. The second-order valence-electron chi connectivity index (χ2n) is 4.16. The molecule has 7 heteroatoms. The average Bonchev–Trinajstić information content (AvgIpc) is 2.49. The maximum Gasteiger partial charge on any atom is 0.276 e. The smallest absolute Gasteiger partial charge is 0.276 e. The second-order valence-corrected chi connectivity index (χ2v) is 5.34. The summed E-state index contributed by atoms with van der Waals surface area (Å²) in [5, 5.41) is 3.48. The highest BCUT2D eigenvalue weighted by molar-refractivity contribution is 7.98. The van der Waals surface area contributed by atoms with Gasteiger partial charge in [0, 0.05) is 0 Å². The van der Waals surface area contributed by atoms with Crippen LogP contribution in [0, 0.1) is 6.92 Å². The van der Waals surface area contributed by atoms with Crippen LogP contribution in [0.25, 0.3) is 0 Å². The Balaban J connectivity index is 2.35. The van der Waals surface area contributed by atoms with E-state index < -0.39 is 5.91 Å². The van der Waals surface area contributed by atoms with E-state index >= 15 is 0 Å². The maximum atomic E-state index is 12.4. The summed E-state index contributed by atoms with van der Waals surface area (Å²) in [6.07, 6.45) is 3.25. The average molecular weight is 324 g/mol. The van der Waals surface area contributed by atoms with E-state index in [-0.39, 0.29) is 10.7 Å². The lowest BCUT2D eigenvalue weighted by Gasteiger charge is -2.13. The summed E-state index contributed by atoms with van der Waals surface area (Å²) in [5.74, 6) is 0.184. The predicted molar refractivity (Wildman–Crippen MR) is 84.5 cm³/mol. The zero-order valence-electron chi connectivity index (χ0n) is 11.8. The molecule has 2 rings (SSSR count). The number of aromatic nitrogens is 2. The summed E-state index contributed by atoms with van der Waals surface area (Å²) in [7, 11) is 1.55. The molecule has 0 bridgehead atoms. The maximum absolute atomic E-state index is 12.4. The topological polar surface area (TPSA) is 64.1 Å². The molecule has 0 unspecified atom stereocenters. The van der Waals surface area contributed by atoms with Gasteiger partial charge in [-0.3, -0.25) is 4.79 Å². The molecule has 0 radical (unpaired) electrons. The summed E-state index contributed by atoms with van der Waals surface area (Å²) in [6.45, 7) is 1.88. The molecule has 0 saturated heterocycles. The van der Waals surface area contributed by atoms with Gasteiger partial charge in [-0.25, -0.2) is 9.97 Å². The third-order valence-electron chi connectivity index (χ3n) is 2.81.